The van der Waals surface area contributed by atoms with Gasteiger partial charge in [-0.3, -0.25) is 4.79 Å². The van der Waals surface area contributed by atoms with Gasteiger partial charge in [0.2, 0.25) is 5.12 Å². The molecule has 2 aromatic carbocycles. The van der Waals surface area contributed by atoms with Gasteiger partial charge in [0.15, 0.2) is 0 Å². The molecule has 0 unspecified atom stereocenters. The fraction of sp³-hybridized carbons (Fsp3) is 0.0714. The van der Waals surface area contributed by atoms with Crippen LogP contribution in [0.1, 0.15) is 15.9 Å². The van der Waals surface area contributed by atoms with Crippen LogP contribution in [0.5, 0.6) is 0 Å². The number of benzene rings is 2. The second kappa shape index (κ2) is 5.39. The summed E-state index contributed by atoms with van der Waals surface area (Å²) in [6.45, 7) is 1.98. The highest BCUT2D eigenvalue weighted by Gasteiger charge is 2.07. The number of hydrogen-bond donors (Lipinski definition) is 0. The summed E-state index contributed by atoms with van der Waals surface area (Å²) in [5.41, 5.74) is 1.82. The van der Waals surface area contributed by atoms with Crippen LogP contribution in [-0.4, -0.2) is 5.12 Å². The molecule has 2 rings (SSSR count). The van der Waals surface area contributed by atoms with Gasteiger partial charge in [-0.15, -0.1) is 0 Å². The maximum atomic E-state index is 12.0. The van der Waals surface area contributed by atoms with Gasteiger partial charge in [0.1, 0.15) is 0 Å². The molecule has 0 bridgehead atoms. The highest BCUT2D eigenvalue weighted by molar-refractivity contribution is 8.14. The van der Waals surface area contributed by atoms with Gasteiger partial charge in [0.05, 0.1) is 0 Å². The zero-order valence-electron chi connectivity index (χ0n) is 9.31. The molecule has 0 amide bonds. The first-order valence-electron chi connectivity index (χ1n) is 5.19. The molecule has 0 aliphatic heterocycles. The predicted octanol–water partition coefficient (Wildman–Crippen LogP) is 4.58. The van der Waals surface area contributed by atoms with Crippen LogP contribution in [0.3, 0.4) is 0 Å². The number of carbonyl (C=O) groups is 1. The van der Waals surface area contributed by atoms with Crippen molar-refractivity contribution >= 4 is 28.5 Å². The SMILES string of the molecule is Cc1cccc(C(=O)Sc2ccc(Cl)cc2)c1. The first-order valence-corrected chi connectivity index (χ1v) is 6.39. The van der Waals surface area contributed by atoms with Crippen LogP contribution in [0.25, 0.3) is 0 Å². The van der Waals surface area contributed by atoms with E-state index in [-0.39, 0.29) is 5.12 Å². The maximum Gasteiger partial charge on any atom is 0.224 e. The van der Waals surface area contributed by atoms with Gasteiger partial charge in [0.25, 0.3) is 0 Å². The zero-order chi connectivity index (χ0) is 12.3. The van der Waals surface area contributed by atoms with E-state index >= 15 is 0 Å². The molecule has 17 heavy (non-hydrogen) atoms. The average molecular weight is 263 g/mol. The number of rotatable bonds is 2. The summed E-state index contributed by atoms with van der Waals surface area (Å²) in [6, 6.07) is 14.9. The second-order valence-electron chi connectivity index (χ2n) is 3.71. The maximum absolute atomic E-state index is 12.0. The van der Waals surface area contributed by atoms with Crippen LogP contribution in [0.15, 0.2) is 53.4 Å². The van der Waals surface area contributed by atoms with Gasteiger partial charge < -0.3 is 0 Å². The summed E-state index contributed by atoms with van der Waals surface area (Å²) < 4.78 is 0. The molecule has 0 heterocycles. The van der Waals surface area contributed by atoms with Crippen molar-refractivity contribution in [2.45, 2.75) is 11.8 Å². The highest BCUT2D eigenvalue weighted by Crippen LogP contribution is 2.24. The van der Waals surface area contributed by atoms with Gasteiger partial charge in [-0.1, -0.05) is 35.4 Å². The van der Waals surface area contributed by atoms with Crippen molar-refractivity contribution in [2.75, 3.05) is 0 Å². The van der Waals surface area contributed by atoms with Gasteiger partial charge in [-0.05, 0) is 49.0 Å². The molecule has 0 fully saturated rings. The molecule has 0 N–H and O–H groups in total. The minimum Gasteiger partial charge on any atom is -0.281 e. The third kappa shape index (κ3) is 3.35. The topological polar surface area (TPSA) is 17.1 Å². The molecule has 3 heteroatoms. The molecule has 2 aromatic rings. The van der Waals surface area contributed by atoms with Crippen LogP contribution in [-0.2, 0) is 0 Å². The van der Waals surface area contributed by atoms with Crippen LogP contribution >= 0.6 is 23.4 Å². The van der Waals surface area contributed by atoms with Gasteiger partial charge in [0, 0.05) is 15.5 Å². The lowest BCUT2D eigenvalue weighted by atomic mass is 10.2. The van der Waals surface area contributed by atoms with Crippen LogP contribution in [0, 0.1) is 6.92 Å². The zero-order valence-corrected chi connectivity index (χ0v) is 10.9. The van der Waals surface area contributed by atoms with Crippen molar-refractivity contribution < 1.29 is 4.79 Å². The third-order valence-electron chi connectivity index (χ3n) is 2.28. The Labute approximate surface area is 110 Å². The molecule has 0 aliphatic carbocycles. The summed E-state index contributed by atoms with van der Waals surface area (Å²) in [6.07, 6.45) is 0. The predicted molar refractivity (Wildman–Crippen MR) is 72.8 cm³/mol. The lowest BCUT2D eigenvalue weighted by Gasteiger charge is -2.02. The summed E-state index contributed by atoms with van der Waals surface area (Å²) in [5.74, 6) is 0. The largest absolute Gasteiger partial charge is 0.281 e. The number of thioether (sulfide) groups is 1. The Bertz CT molecular complexity index is 534. The third-order valence-corrected chi connectivity index (χ3v) is 3.46. The Kier molecular flexibility index (Phi) is 3.87. The van der Waals surface area contributed by atoms with Crippen molar-refractivity contribution in [3.05, 3.63) is 64.7 Å². The molecule has 86 valence electrons. The molecule has 0 saturated carbocycles. The molecule has 0 atom stereocenters. The lowest BCUT2D eigenvalue weighted by molar-refractivity contribution is 0.108. The van der Waals surface area contributed by atoms with Crippen LogP contribution in [0.4, 0.5) is 0 Å². The quantitative estimate of drug-likeness (QED) is 0.737. The van der Waals surface area contributed by atoms with Crippen LogP contribution in [0.2, 0.25) is 5.02 Å². The van der Waals surface area contributed by atoms with E-state index < -0.39 is 0 Å². The number of carbonyl (C=O) groups excluding carboxylic acids is 1. The monoisotopic (exact) mass is 262 g/mol. The molecular weight excluding hydrogens is 252 g/mol. The van der Waals surface area contributed by atoms with Gasteiger partial charge in [-0.2, -0.15) is 0 Å². The molecular formula is C14H11ClOS. The standard InChI is InChI=1S/C14H11ClOS/c1-10-3-2-4-11(9-10)14(16)17-13-7-5-12(15)6-8-13/h2-9H,1H3. The van der Waals surface area contributed by atoms with Gasteiger partial charge in [-0.25, -0.2) is 0 Å². The van der Waals surface area contributed by atoms with Crippen LogP contribution < -0.4 is 0 Å². The Morgan fingerprint density at radius 3 is 2.47 bits per heavy atom. The summed E-state index contributed by atoms with van der Waals surface area (Å²) in [7, 11) is 0. The second-order valence-corrected chi connectivity index (χ2v) is 5.20. The fourth-order valence-corrected chi connectivity index (χ4v) is 2.30. The molecule has 0 spiro atoms. The first kappa shape index (κ1) is 12.2. The van der Waals surface area contributed by atoms with Crippen molar-refractivity contribution in [2.24, 2.45) is 0 Å². The van der Waals surface area contributed by atoms with E-state index in [1.54, 1.807) is 12.1 Å². The Balaban J connectivity index is 2.14. The van der Waals surface area contributed by atoms with E-state index in [2.05, 4.69) is 0 Å². The van der Waals surface area contributed by atoms with Crippen molar-refractivity contribution in [3.8, 4) is 0 Å². The fourth-order valence-electron chi connectivity index (χ4n) is 1.44. The Morgan fingerprint density at radius 1 is 1.12 bits per heavy atom. The number of aryl methyl sites for hydroxylation is 1. The molecule has 0 radical (unpaired) electrons. The average Bonchev–Trinajstić information content (AvgIpc) is 2.32. The normalized spacial score (nSPS) is 10.2. The van der Waals surface area contributed by atoms with Crippen molar-refractivity contribution in [1.29, 1.82) is 0 Å². The number of halogens is 1. The van der Waals surface area contributed by atoms with E-state index in [0.717, 1.165) is 16.0 Å². The summed E-state index contributed by atoms with van der Waals surface area (Å²) in [5, 5.41) is 0.730. The Morgan fingerprint density at radius 2 is 1.82 bits per heavy atom. The van der Waals surface area contributed by atoms with E-state index in [1.165, 1.54) is 11.8 Å². The number of hydrogen-bond acceptors (Lipinski definition) is 2. The Hall–Kier alpha value is -1.25. The van der Waals surface area contributed by atoms with Gasteiger partial charge >= 0.3 is 0 Å². The van der Waals surface area contributed by atoms with E-state index in [1.807, 2.05) is 43.3 Å². The summed E-state index contributed by atoms with van der Waals surface area (Å²) >= 11 is 7.01. The molecule has 0 aromatic heterocycles. The van der Waals surface area contributed by atoms with Crippen molar-refractivity contribution in [1.82, 2.24) is 0 Å². The molecule has 0 saturated heterocycles. The first-order chi connectivity index (χ1) is 8.15. The van der Waals surface area contributed by atoms with E-state index in [9.17, 15) is 4.79 Å². The molecule has 1 nitrogen and oxygen atoms in total. The minimum absolute atomic E-state index is 0.0519. The van der Waals surface area contributed by atoms with E-state index in [0.29, 0.717) is 5.02 Å². The lowest BCUT2D eigenvalue weighted by Crippen LogP contribution is -1.93. The summed E-state index contributed by atoms with van der Waals surface area (Å²) in [4.78, 5) is 12.9. The van der Waals surface area contributed by atoms with E-state index in [4.69, 9.17) is 11.6 Å². The van der Waals surface area contributed by atoms with Crippen molar-refractivity contribution in [3.63, 3.8) is 0 Å². The minimum atomic E-state index is 0.0519. The smallest absolute Gasteiger partial charge is 0.224 e. The highest BCUT2D eigenvalue weighted by atomic mass is 35.5. The molecule has 0 aliphatic rings.